The summed E-state index contributed by atoms with van der Waals surface area (Å²) in [6, 6.07) is 0. The van der Waals surface area contributed by atoms with Gasteiger partial charge in [0.25, 0.3) is 0 Å². The first-order valence-electron chi connectivity index (χ1n) is 18.9. The van der Waals surface area contributed by atoms with Gasteiger partial charge in [0.1, 0.15) is 11.6 Å². The van der Waals surface area contributed by atoms with Crippen LogP contribution in [0.1, 0.15) is 193 Å². The Balaban J connectivity index is -0.0000000961. The van der Waals surface area contributed by atoms with Crippen molar-refractivity contribution in [1.82, 2.24) is 0 Å². The Morgan fingerprint density at radius 2 is 0.627 bits per heavy atom. The summed E-state index contributed by atoms with van der Waals surface area (Å²) in [4.78, 5) is 33.4. The first-order chi connectivity index (χ1) is 22.0. The average molecular weight is 1020 g/mol. The summed E-state index contributed by atoms with van der Waals surface area (Å²) in [7, 11) is 0. The zero-order valence-electron chi connectivity index (χ0n) is 33.4. The normalized spacial score (nSPS) is 15.5. The van der Waals surface area contributed by atoms with Crippen LogP contribution >= 0.6 is 59.4 Å². The number of hydrogen-bond acceptors (Lipinski definition) is 3. The molecule has 0 saturated heterocycles. The van der Waals surface area contributed by atoms with Crippen LogP contribution in [0.4, 0.5) is 0 Å². The molecule has 0 heterocycles. The van der Waals surface area contributed by atoms with E-state index in [1.165, 1.54) is 116 Å². The van der Waals surface area contributed by atoms with Crippen LogP contribution in [0, 0.1) is 41.5 Å². The van der Waals surface area contributed by atoms with E-state index < -0.39 is 0 Å². The molecule has 0 unspecified atom stereocenters. The predicted molar refractivity (Wildman–Crippen MR) is 233 cm³/mol. The fourth-order valence-corrected chi connectivity index (χ4v) is 7.67. The second-order valence-electron chi connectivity index (χ2n) is 13.3. The zero-order chi connectivity index (χ0) is 33.2. The van der Waals surface area contributed by atoms with E-state index in [1.54, 1.807) is 0 Å². The van der Waals surface area contributed by atoms with E-state index in [1.807, 2.05) is 0 Å². The number of unbranched alkanes of at least 4 members (excludes halogenated alkanes) is 6. The van der Waals surface area contributed by atoms with Crippen LogP contribution in [0.5, 0.6) is 0 Å². The molecule has 310 valence electrons. The molecule has 0 aromatic carbocycles. The van der Waals surface area contributed by atoms with E-state index in [2.05, 4.69) is 47.8 Å². The standard InChI is InChI=1S/2C11H19BrO.C6H10BrClO.2C5H10.4CH3.2Fe/c2*12-9-5-1-2-8-11(13)10-6-3-4-7-10;7-5-3-1-2-4-6(8)9;2*1-2-4-5-3-1;;;;;;/h2*10H,1-9H2;1-5H2;2*1-5H2;4*1H3;;/q;;;;;4*-1;2*+2. The number of alkyl halides is 3. The van der Waals surface area contributed by atoms with E-state index in [-0.39, 0.29) is 69.1 Å². The monoisotopic (exact) mass is 1020 g/mol. The summed E-state index contributed by atoms with van der Waals surface area (Å²) in [6.45, 7) is 0. The number of ketones is 2. The zero-order valence-corrected chi connectivity index (χ0v) is 41.2. The fraction of sp³-hybridized carbons (Fsp3) is 0.833. The Morgan fingerprint density at radius 3 is 0.843 bits per heavy atom. The first-order valence-corrected chi connectivity index (χ1v) is 22.6. The van der Waals surface area contributed by atoms with Gasteiger partial charge >= 0.3 is 34.1 Å². The fourth-order valence-electron chi connectivity index (χ4n) is 6.35. The number of hydrogen-bond donors (Lipinski definition) is 0. The molecule has 4 rings (SSSR count). The predicted octanol–water partition coefficient (Wildman–Crippen LogP) is 15.8. The third kappa shape index (κ3) is 47.9. The maximum Gasteiger partial charge on any atom is 2.00 e. The topological polar surface area (TPSA) is 51.2 Å². The van der Waals surface area contributed by atoms with Crippen molar-refractivity contribution in [1.29, 1.82) is 0 Å². The molecule has 0 spiro atoms. The molecule has 0 aromatic rings. The van der Waals surface area contributed by atoms with Gasteiger partial charge in [0.05, 0.1) is 0 Å². The molecule has 4 aliphatic rings. The Hall–Kier alpha value is 1.78. The summed E-state index contributed by atoms with van der Waals surface area (Å²) in [6.07, 6.45) is 37.1. The molecule has 9 heteroatoms. The molecule has 4 saturated carbocycles. The molecule has 0 amide bonds. The number of rotatable bonds is 17. The third-order valence-corrected chi connectivity index (χ3v) is 11.1. The van der Waals surface area contributed by atoms with E-state index in [4.69, 9.17) is 11.6 Å². The summed E-state index contributed by atoms with van der Waals surface area (Å²) in [5.41, 5.74) is 0. The van der Waals surface area contributed by atoms with Gasteiger partial charge in [0.2, 0.25) is 5.24 Å². The van der Waals surface area contributed by atoms with E-state index in [9.17, 15) is 14.4 Å². The molecular weight excluding hydrogens is 939 g/mol. The van der Waals surface area contributed by atoms with Crippen LogP contribution < -0.4 is 0 Å². The van der Waals surface area contributed by atoms with Crippen molar-refractivity contribution in [2.45, 2.75) is 193 Å². The van der Waals surface area contributed by atoms with Gasteiger partial charge in [0, 0.05) is 47.1 Å². The average Bonchev–Trinajstić information content (AvgIpc) is 3.89. The van der Waals surface area contributed by atoms with Crippen molar-refractivity contribution in [3.63, 3.8) is 0 Å². The van der Waals surface area contributed by atoms with Crippen molar-refractivity contribution >= 4 is 76.2 Å². The Bertz CT molecular complexity index is 623. The van der Waals surface area contributed by atoms with Crippen molar-refractivity contribution in [2.24, 2.45) is 11.8 Å². The second-order valence-corrected chi connectivity index (χ2v) is 16.1. The SMILES string of the molecule is C1CCCC1.C1CCCC1.O=C(CCCCCBr)C1CCCC1.O=C(CCCCCBr)C1CCCC1.O=C(Cl)CCCCCBr.[CH3-].[CH3-].[CH3-].[CH3-].[Fe+2].[Fe+2]. The van der Waals surface area contributed by atoms with Crippen molar-refractivity contribution in [3.05, 3.63) is 29.7 Å². The summed E-state index contributed by atoms with van der Waals surface area (Å²) in [5, 5.41) is 2.95. The number of carbonyl (C=O) groups excluding carboxylic acids is 3. The van der Waals surface area contributed by atoms with Crippen molar-refractivity contribution in [2.75, 3.05) is 16.0 Å². The van der Waals surface area contributed by atoms with E-state index in [0.29, 0.717) is 29.8 Å². The maximum absolute atomic E-state index is 11.6. The largest absolute Gasteiger partial charge is 2.00 e. The van der Waals surface area contributed by atoms with Crippen LogP contribution in [0.25, 0.3) is 0 Å². The molecule has 4 fully saturated rings. The Morgan fingerprint density at radius 1 is 0.392 bits per heavy atom. The van der Waals surface area contributed by atoms with Gasteiger partial charge in [-0.15, -0.1) is 0 Å². The Labute approximate surface area is 371 Å². The molecule has 3 nitrogen and oxygen atoms in total. The molecule has 0 aliphatic heterocycles. The van der Waals surface area contributed by atoms with Gasteiger partial charge in [-0.05, 0) is 75.8 Å². The minimum atomic E-state index is -0.218. The van der Waals surface area contributed by atoms with Gasteiger partial charge in [-0.1, -0.05) is 157 Å². The van der Waals surface area contributed by atoms with E-state index in [0.717, 1.165) is 86.6 Å². The van der Waals surface area contributed by atoms with Gasteiger partial charge < -0.3 is 29.7 Å². The smallest absolute Gasteiger partial charge is 0.358 e. The molecule has 51 heavy (non-hydrogen) atoms. The minimum absolute atomic E-state index is 0. The van der Waals surface area contributed by atoms with Crippen LogP contribution in [0.2, 0.25) is 0 Å². The molecule has 0 aromatic heterocycles. The van der Waals surface area contributed by atoms with Crippen LogP contribution in [0.15, 0.2) is 0 Å². The second kappa shape index (κ2) is 53.9. The maximum atomic E-state index is 11.6. The summed E-state index contributed by atoms with van der Waals surface area (Å²) < 4.78 is 0. The van der Waals surface area contributed by atoms with Crippen molar-refractivity contribution < 1.29 is 48.5 Å². The molecule has 4 aliphatic carbocycles. The van der Waals surface area contributed by atoms with Crippen LogP contribution in [-0.4, -0.2) is 32.8 Å². The molecule has 0 N–H and O–H groups in total. The van der Waals surface area contributed by atoms with Gasteiger partial charge in [-0.25, -0.2) is 0 Å². The molecule has 0 radical (unpaired) electrons. The van der Waals surface area contributed by atoms with Gasteiger partial charge in [-0.3, -0.25) is 14.4 Å². The number of halogens is 4. The molecular formula is C42H80Br3ClFe2O3. The summed E-state index contributed by atoms with van der Waals surface area (Å²) >= 11 is 15.2. The van der Waals surface area contributed by atoms with Crippen molar-refractivity contribution in [3.8, 4) is 0 Å². The number of Topliss-reactive ketones (excluding diaryl/α,β-unsaturated/α-hetero) is 2. The first kappa shape index (κ1) is 67.5. The molecule has 0 atom stereocenters. The van der Waals surface area contributed by atoms with Crippen LogP contribution in [-0.2, 0) is 48.5 Å². The molecule has 0 bridgehead atoms. The van der Waals surface area contributed by atoms with Crippen LogP contribution in [0.3, 0.4) is 0 Å². The van der Waals surface area contributed by atoms with Gasteiger partial charge in [-0.2, -0.15) is 0 Å². The Kier molecular flexibility index (Phi) is 71.3. The summed E-state index contributed by atoms with van der Waals surface area (Å²) in [5.74, 6) is 1.94. The quantitative estimate of drug-likeness (QED) is 0.0480. The van der Waals surface area contributed by atoms with Gasteiger partial charge in [0.15, 0.2) is 0 Å². The number of carbonyl (C=O) groups is 3. The van der Waals surface area contributed by atoms with E-state index >= 15 is 0 Å². The minimum Gasteiger partial charge on any atom is -0.358 e. The third-order valence-electron chi connectivity index (χ3n) is 9.24.